The third kappa shape index (κ3) is 3.78. The van der Waals surface area contributed by atoms with E-state index < -0.39 is 25.8 Å². The van der Waals surface area contributed by atoms with Crippen LogP contribution in [0, 0.1) is 0 Å². The van der Waals surface area contributed by atoms with Gasteiger partial charge in [0, 0.05) is 39.7 Å². The number of rotatable bonds is 5. The lowest BCUT2D eigenvalue weighted by Crippen LogP contribution is -2.44. The molecule has 0 unspecified atom stereocenters. The molecule has 0 atom stereocenters. The number of hydrogen-bond donors (Lipinski definition) is 1. The Labute approximate surface area is 132 Å². The van der Waals surface area contributed by atoms with Gasteiger partial charge in [-0.25, -0.2) is 8.42 Å². The number of sulfone groups is 1. The molecule has 0 radical (unpaired) electrons. The van der Waals surface area contributed by atoms with Gasteiger partial charge in [-0.05, 0) is 12.1 Å². The summed E-state index contributed by atoms with van der Waals surface area (Å²) in [4.78, 5) is -0.786. The van der Waals surface area contributed by atoms with Crippen LogP contribution in [0.4, 0.5) is 18.9 Å². The van der Waals surface area contributed by atoms with Crippen LogP contribution in [0.25, 0.3) is 0 Å². The van der Waals surface area contributed by atoms with Crippen molar-refractivity contribution in [3.63, 3.8) is 0 Å². The van der Waals surface area contributed by atoms with Crippen molar-refractivity contribution in [1.29, 1.82) is 0 Å². The quantitative estimate of drug-likeness (QED) is 0.881. The van der Waals surface area contributed by atoms with Gasteiger partial charge in [0.1, 0.15) is 0 Å². The second-order valence-corrected chi connectivity index (χ2v) is 7.21. The van der Waals surface area contributed by atoms with Gasteiger partial charge in [0.15, 0.2) is 0 Å². The molecule has 23 heavy (non-hydrogen) atoms. The molecule has 1 aliphatic heterocycles. The molecule has 0 spiro atoms. The Kier molecular flexibility index (Phi) is 5.22. The summed E-state index contributed by atoms with van der Waals surface area (Å²) in [7, 11) is -3.90. The molecule has 1 fully saturated rings. The minimum atomic E-state index is -5.41. The fraction of sp³-hybridized carbons (Fsp3) is 0.571. The van der Waals surface area contributed by atoms with Gasteiger partial charge in [-0.3, -0.25) is 0 Å². The third-order valence-corrected chi connectivity index (χ3v) is 5.46. The number of anilines is 1. The van der Waals surface area contributed by atoms with Crippen LogP contribution in [0.15, 0.2) is 29.2 Å². The van der Waals surface area contributed by atoms with E-state index in [1.807, 2.05) is 0 Å². The molecule has 0 aliphatic carbocycles. The molecule has 9 heteroatoms. The monoisotopic (exact) mass is 353 g/mol. The first-order valence-corrected chi connectivity index (χ1v) is 8.47. The maximum absolute atomic E-state index is 12.8. The molecular formula is C14H18F3NO4S. The number of hydrogen-bond acceptors (Lipinski definition) is 5. The molecule has 1 aromatic carbocycles. The van der Waals surface area contributed by atoms with Crippen LogP contribution >= 0.6 is 0 Å². The Hall–Kier alpha value is -1.32. The number of benzene rings is 1. The van der Waals surface area contributed by atoms with Crippen LogP contribution in [-0.4, -0.2) is 46.4 Å². The minimum absolute atomic E-state index is 0.0901. The van der Waals surface area contributed by atoms with Gasteiger partial charge in [-0.2, -0.15) is 13.2 Å². The molecule has 1 aromatic rings. The molecule has 0 amide bonds. The van der Waals surface area contributed by atoms with Crippen LogP contribution in [0.1, 0.15) is 12.8 Å². The van der Waals surface area contributed by atoms with E-state index in [-0.39, 0.29) is 12.2 Å². The van der Waals surface area contributed by atoms with Crippen LogP contribution in [-0.2, 0) is 19.3 Å². The second-order valence-electron chi connectivity index (χ2n) is 5.30. The van der Waals surface area contributed by atoms with Crippen molar-refractivity contribution in [2.45, 2.75) is 28.8 Å². The number of alkyl halides is 3. The highest BCUT2D eigenvalue weighted by Gasteiger charge is 2.48. The Morgan fingerprint density at radius 1 is 1.26 bits per heavy atom. The summed E-state index contributed by atoms with van der Waals surface area (Å²) in [6, 6.07) is 4.97. The highest BCUT2D eigenvalue weighted by molar-refractivity contribution is 7.92. The maximum atomic E-state index is 12.8. The predicted octanol–water partition coefficient (Wildman–Crippen LogP) is 2.59. The lowest BCUT2D eigenvalue weighted by atomic mass is 9.94. The topological polar surface area (TPSA) is 64.6 Å². The lowest BCUT2D eigenvalue weighted by molar-refractivity contribution is -0.0807. The number of halogens is 3. The predicted molar refractivity (Wildman–Crippen MR) is 78.0 cm³/mol. The SMILES string of the molecule is COC1(CNc2ccccc2S(=O)(=O)C(F)(F)F)CCOCC1. The first kappa shape index (κ1) is 18.0. The van der Waals surface area contributed by atoms with Gasteiger partial charge >= 0.3 is 5.51 Å². The summed E-state index contributed by atoms with van der Waals surface area (Å²) in [5, 5.41) is 2.79. The first-order valence-electron chi connectivity index (χ1n) is 6.99. The number of nitrogens with one attached hydrogen (secondary N) is 1. The molecule has 1 heterocycles. The van der Waals surface area contributed by atoms with Gasteiger partial charge in [0.25, 0.3) is 9.84 Å². The summed E-state index contributed by atoms with van der Waals surface area (Å²) >= 11 is 0. The van der Waals surface area contributed by atoms with Crippen LogP contribution < -0.4 is 5.32 Å². The average Bonchev–Trinajstić information content (AvgIpc) is 2.53. The molecule has 5 nitrogen and oxygen atoms in total. The van der Waals surface area contributed by atoms with Crippen molar-refractivity contribution in [1.82, 2.24) is 0 Å². The zero-order valence-corrected chi connectivity index (χ0v) is 13.3. The van der Waals surface area contributed by atoms with E-state index in [9.17, 15) is 21.6 Å². The third-order valence-electron chi connectivity index (χ3n) is 3.92. The van der Waals surface area contributed by atoms with E-state index in [1.54, 1.807) is 0 Å². The molecule has 130 valence electrons. The van der Waals surface area contributed by atoms with Crippen LogP contribution in [0.5, 0.6) is 0 Å². The maximum Gasteiger partial charge on any atom is 0.501 e. The smallest absolute Gasteiger partial charge is 0.381 e. The molecule has 0 bridgehead atoms. The Morgan fingerprint density at radius 3 is 2.43 bits per heavy atom. The van der Waals surface area contributed by atoms with Crippen molar-refractivity contribution >= 4 is 15.5 Å². The standard InChI is InChI=1S/C14H18F3NO4S/c1-21-13(6-8-22-9-7-13)10-18-11-4-2-3-5-12(11)23(19,20)14(15,16)17/h2-5,18H,6-10H2,1H3. The van der Waals surface area contributed by atoms with Crippen molar-refractivity contribution in [2.75, 3.05) is 32.2 Å². The Morgan fingerprint density at radius 2 is 1.87 bits per heavy atom. The summed E-state index contributed by atoms with van der Waals surface area (Å²) in [6.07, 6.45) is 1.15. The van der Waals surface area contributed by atoms with Gasteiger partial charge in [0.2, 0.25) is 0 Å². The molecule has 0 saturated carbocycles. The number of methoxy groups -OCH3 is 1. The zero-order chi connectivity index (χ0) is 17.1. The normalized spacial score (nSPS) is 18.6. The highest BCUT2D eigenvalue weighted by Crippen LogP contribution is 2.35. The van der Waals surface area contributed by atoms with Gasteiger partial charge < -0.3 is 14.8 Å². The van der Waals surface area contributed by atoms with Crippen LogP contribution in [0.3, 0.4) is 0 Å². The van der Waals surface area contributed by atoms with Crippen molar-refractivity contribution < 1.29 is 31.1 Å². The molecule has 1 aliphatic rings. The molecule has 1 N–H and O–H groups in total. The Balaban J connectivity index is 2.25. The summed E-state index contributed by atoms with van der Waals surface area (Å²) in [6.45, 7) is 1.16. The minimum Gasteiger partial charge on any atom is -0.381 e. The van der Waals surface area contributed by atoms with E-state index in [0.29, 0.717) is 26.1 Å². The van der Waals surface area contributed by atoms with Gasteiger partial charge in [0.05, 0.1) is 16.2 Å². The van der Waals surface area contributed by atoms with E-state index in [1.165, 1.54) is 25.3 Å². The fourth-order valence-corrected chi connectivity index (χ4v) is 3.36. The summed E-state index contributed by atoms with van der Waals surface area (Å²) in [5.74, 6) is 0. The molecule has 2 rings (SSSR count). The van der Waals surface area contributed by atoms with Crippen molar-refractivity contribution in [3.05, 3.63) is 24.3 Å². The summed E-state index contributed by atoms with van der Waals surface area (Å²) in [5.41, 5.74) is -6.02. The zero-order valence-electron chi connectivity index (χ0n) is 12.5. The van der Waals surface area contributed by atoms with Crippen molar-refractivity contribution in [2.24, 2.45) is 0 Å². The van der Waals surface area contributed by atoms with Gasteiger partial charge in [-0.15, -0.1) is 0 Å². The first-order chi connectivity index (χ1) is 10.7. The van der Waals surface area contributed by atoms with Crippen molar-refractivity contribution in [3.8, 4) is 0 Å². The second kappa shape index (κ2) is 6.66. The van der Waals surface area contributed by atoms with E-state index in [2.05, 4.69) is 5.32 Å². The van der Waals surface area contributed by atoms with Crippen LogP contribution in [0.2, 0.25) is 0 Å². The van der Waals surface area contributed by atoms with E-state index in [4.69, 9.17) is 9.47 Å². The highest BCUT2D eigenvalue weighted by atomic mass is 32.2. The molecule has 1 saturated heterocycles. The fourth-order valence-electron chi connectivity index (χ4n) is 2.42. The number of para-hydroxylation sites is 1. The Bertz CT molecular complexity index is 640. The average molecular weight is 353 g/mol. The van der Waals surface area contributed by atoms with Gasteiger partial charge in [-0.1, -0.05) is 12.1 Å². The molecule has 0 aromatic heterocycles. The van der Waals surface area contributed by atoms with E-state index in [0.717, 1.165) is 6.07 Å². The largest absolute Gasteiger partial charge is 0.501 e. The lowest BCUT2D eigenvalue weighted by Gasteiger charge is -2.36. The van der Waals surface area contributed by atoms with E-state index >= 15 is 0 Å². The summed E-state index contributed by atoms with van der Waals surface area (Å²) < 4.78 is 72.4. The number of ether oxygens (including phenoxy) is 2. The molecular weight excluding hydrogens is 335 g/mol.